The van der Waals surface area contributed by atoms with Gasteiger partial charge in [-0.1, -0.05) is 23.7 Å². The Morgan fingerprint density at radius 3 is 2.31 bits per heavy atom. The van der Waals surface area contributed by atoms with E-state index in [2.05, 4.69) is 5.32 Å². The maximum atomic E-state index is 13.0. The van der Waals surface area contributed by atoms with Crippen LogP contribution in [0.25, 0.3) is 6.08 Å². The second-order valence-corrected chi connectivity index (χ2v) is 7.44. The summed E-state index contributed by atoms with van der Waals surface area (Å²) < 4.78 is 5.52. The van der Waals surface area contributed by atoms with Crippen molar-refractivity contribution in [2.45, 2.75) is 0 Å². The van der Waals surface area contributed by atoms with E-state index in [9.17, 15) is 9.59 Å². The molecule has 0 saturated carbocycles. The van der Waals surface area contributed by atoms with Crippen LogP contribution < -0.4 is 15.0 Å². The quantitative estimate of drug-likeness (QED) is 0.444. The van der Waals surface area contributed by atoms with Gasteiger partial charge >= 0.3 is 0 Å². The van der Waals surface area contributed by atoms with Crippen molar-refractivity contribution in [1.29, 1.82) is 0 Å². The number of anilines is 1. The fourth-order valence-electron chi connectivity index (χ4n) is 2.47. The molecule has 0 aliphatic carbocycles. The Hall–Kier alpha value is -2.81. The summed E-state index contributed by atoms with van der Waals surface area (Å²) in [5, 5.41) is 3.41. The van der Waals surface area contributed by atoms with Crippen molar-refractivity contribution in [2.24, 2.45) is 0 Å². The Morgan fingerprint density at radius 2 is 1.72 bits per heavy atom. The highest BCUT2D eigenvalue weighted by molar-refractivity contribution is 7.80. The van der Waals surface area contributed by atoms with Gasteiger partial charge in [-0.15, -0.1) is 0 Å². The molecule has 3 rings (SSSR count). The van der Waals surface area contributed by atoms with Crippen molar-refractivity contribution in [1.82, 2.24) is 10.2 Å². The molecule has 1 heterocycles. The SMILES string of the molecule is CN(C)C(=S)Oc1ccc(C=C2C(=O)NC(=S)N(c3ccc(Cl)cc3)C2=O)cc1. The molecule has 0 unspecified atom stereocenters. The molecule has 0 spiro atoms. The maximum absolute atomic E-state index is 13.0. The van der Waals surface area contributed by atoms with Crippen LogP contribution >= 0.6 is 36.0 Å². The van der Waals surface area contributed by atoms with Gasteiger partial charge in [-0.3, -0.25) is 19.8 Å². The van der Waals surface area contributed by atoms with Crippen molar-refractivity contribution in [2.75, 3.05) is 19.0 Å². The zero-order chi connectivity index (χ0) is 21.1. The maximum Gasteiger partial charge on any atom is 0.270 e. The Morgan fingerprint density at radius 1 is 1.10 bits per heavy atom. The molecule has 0 aromatic heterocycles. The van der Waals surface area contributed by atoms with E-state index in [-0.39, 0.29) is 10.7 Å². The predicted molar refractivity (Wildman–Crippen MR) is 121 cm³/mol. The van der Waals surface area contributed by atoms with Crippen LogP contribution in [0.4, 0.5) is 5.69 Å². The van der Waals surface area contributed by atoms with E-state index in [0.717, 1.165) is 0 Å². The first-order valence-electron chi connectivity index (χ1n) is 8.42. The van der Waals surface area contributed by atoms with Gasteiger partial charge in [0.2, 0.25) is 0 Å². The number of hydrogen-bond acceptors (Lipinski definition) is 5. The molecular weight excluding hydrogens is 430 g/mol. The number of amides is 2. The summed E-state index contributed by atoms with van der Waals surface area (Å²) in [6.45, 7) is 0. The minimum absolute atomic E-state index is 0.0143. The molecule has 1 aliphatic heterocycles. The zero-order valence-electron chi connectivity index (χ0n) is 15.5. The van der Waals surface area contributed by atoms with E-state index in [4.69, 9.17) is 40.8 Å². The second kappa shape index (κ2) is 8.69. The highest BCUT2D eigenvalue weighted by atomic mass is 35.5. The smallest absolute Gasteiger partial charge is 0.270 e. The van der Waals surface area contributed by atoms with E-state index in [1.54, 1.807) is 67.5 Å². The van der Waals surface area contributed by atoms with Gasteiger partial charge in [-0.2, -0.15) is 0 Å². The van der Waals surface area contributed by atoms with Crippen LogP contribution in [0.15, 0.2) is 54.1 Å². The molecule has 0 bridgehead atoms. The van der Waals surface area contributed by atoms with Crippen LogP contribution in [0, 0.1) is 0 Å². The van der Waals surface area contributed by atoms with E-state index < -0.39 is 11.8 Å². The van der Waals surface area contributed by atoms with Crippen LogP contribution in [0.5, 0.6) is 5.75 Å². The average Bonchev–Trinajstić information content (AvgIpc) is 2.67. The summed E-state index contributed by atoms with van der Waals surface area (Å²) in [5.74, 6) is -0.524. The lowest BCUT2D eigenvalue weighted by atomic mass is 10.1. The first-order chi connectivity index (χ1) is 13.8. The lowest BCUT2D eigenvalue weighted by molar-refractivity contribution is -0.122. The highest BCUT2D eigenvalue weighted by Crippen LogP contribution is 2.24. The third kappa shape index (κ3) is 4.79. The van der Waals surface area contributed by atoms with E-state index >= 15 is 0 Å². The number of thiocarbonyl (C=S) groups is 2. The second-order valence-electron chi connectivity index (χ2n) is 6.27. The molecule has 1 N–H and O–H groups in total. The number of hydrogen-bond donors (Lipinski definition) is 1. The Balaban J connectivity index is 1.86. The van der Waals surface area contributed by atoms with Crippen molar-refractivity contribution in [3.8, 4) is 5.75 Å². The molecule has 6 nitrogen and oxygen atoms in total. The number of benzene rings is 2. The molecule has 0 radical (unpaired) electrons. The Kier molecular flexibility index (Phi) is 6.26. The fraction of sp³-hybridized carbons (Fsp3) is 0.100. The summed E-state index contributed by atoms with van der Waals surface area (Å²) in [7, 11) is 3.57. The first kappa shape index (κ1) is 20.9. The van der Waals surface area contributed by atoms with Crippen LogP contribution in [-0.2, 0) is 9.59 Å². The number of rotatable bonds is 3. The molecule has 9 heteroatoms. The van der Waals surface area contributed by atoms with Crippen LogP contribution in [0.3, 0.4) is 0 Å². The number of nitrogens with one attached hydrogen (secondary N) is 1. The number of ether oxygens (including phenoxy) is 1. The summed E-state index contributed by atoms with van der Waals surface area (Å²) in [6.07, 6.45) is 1.50. The van der Waals surface area contributed by atoms with Crippen LogP contribution in [0.1, 0.15) is 5.56 Å². The fourth-order valence-corrected chi connectivity index (χ4v) is 2.98. The van der Waals surface area contributed by atoms with Gasteiger partial charge in [-0.05, 0) is 72.5 Å². The van der Waals surface area contributed by atoms with Crippen molar-refractivity contribution < 1.29 is 14.3 Å². The standard InChI is InChI=1S/C20H16ClN3O3S2/c1-23(2)20(29)27-15-9-3-12(4-10-15)11-16-17(25)22-19(28)24(18(16)26)14-7-5-13(21)6-8-14/h3-11H,1-2H3,(H,22,25,28). The van der Waals surface area contributed by atoms with Gasteiger partial charge < -0.3 is 9.64 Å². The third-order valence-electron chi connectivity index (χ3n) is 3.95. The number of carbonyl (C=O) groups excluding carboxylic acids is 2. The summed E-state index contributed by atoms with van der Waals surface area (Å²) in [5.41, 5.74) is 1.12. The molecule has 2 amide bonds. The number of halogens is 1. The molecular formula is C20H16ClN3O3S2. The molecule has 1 aliphatic rings. The third-order valence-corrected chi connectivity index (χ3v) is 4.93. The first-order valence-corrected chi connectivity index (χ1v) is 9.62. The van der Waals surface area contributed by atoms with Gasteiger partial charge in [0.05, 0.1) is 5.69 Å². The van der Waals surface area contributed by atoms with Crippen LogP contribution in [-0.4, -0.2) is 41.1 Å². The lowest BCUT2D eigenvalue weighted by Crippen LogP contribution is -2.54. The summed E-state index contributed by atoms with van der Waals surface area (Å²) >= 11 is 16.2. The molecule has 1 fully saturated rings. The average molecular weight is 446 g/mol. The van der Waals surface area contributed by atoms with Gasteiger partial charge in [0, 0.05) is 19.1 Å². The highest BCUT2D eigenvalue weighted by Gasteiger charge is 2.34. The van der Waals surface area contributed by atoms with E-state index in [0.29, 0.717) is 27.2 Å². The normalized spacial score (nSPS) is 15.3. The molecule has 29 heavy (non-hydrogen) atoms. The molecule has 2 aromatic rings. The molecule has 2 aromatic carbocycles. The Labute approximate surface area is 183 Å². The number of carbonyl (C=O) groups is 2. The van der Waals surface area contributed by atoms with Crippen LogP contribution in [0.2, 0.25) is 5.02 Å². The zero-order valence-corrected chi connectivity index (χ0v) is 17.9. The van der Waals surface area contributed by atoms with Gasteiger partial charge in [0.15, 0.2) is 5.11 Å². The van der Waals surface area contributed by atoms with Crippen molar-refractivity contribution in [3.05, 3.63) is 64.7 Å². The van der Waals surface area contributed by atoms with Crippen molar-refractivity contribution >= 4 is 69.9 Å². The molecule has 0 atom stereocenters. The minimum Gasteiger partial charge on any atom is -0.432 e. The molecule has 148 valence electrons. The van der Waals surface area contributed by atoms with E-state index in [1.165, 1.54) is 11.0 Å². The summed E-state index contributed by atoms with van der Waals surface area (Å²) in [6, 6.07) is 13.4. The summed E-state index contributed by atoms with van der Waals surface area (Å²) in [4.78, 5) is 28.2. The monoisotopic (exact) mass is 445 g/mol. The topological polar surface area (TPSA) is 61.9 Å². The lowest BCUT2D eigenvalue weighted by Gasteiger charge is -2.28. The largest absolute Gasteiger partial charge is 0.432 e. The number of nitrogens with zero attached hydrogens (tertiary/aromatic N) is 2. The molecule has 1 saturated heterocycles. The van der Waals surface area contributed by atoms with Gasteiger partial charge in [-0.25, -0.2) is 0 Å². The van der Waals surface area contributed by atoms with E-state index in [1.807, 2.05) is 0 Å². The van der Waals surface area contributed by atoms with Gasteiger partial charge in [0.1, 0.15) is 11.3 Å². The van der Waals surface area contributed by atoms with Crippen molar-refractivity contribution in [3.63, 3.8) is 0 Å². The predicted octanol–water partition coefficient (Wildman–Crippen LogP) is 3.40. The minimum atomic E-state index is -0.556. The Bertz CT molecular complexity index is 1020. The van der Waals surface area contributed by atoms with Gasteiger partial charge in [0.25, 0.3) is 17.0 Å².